The first-order valence-electron chi connectivity index (χ1n) is 7.08. The van der Waals surface area contributed by atoms with Crippen molar-refractivity contribution in [2.75, 3.05) is 0 Å². The summed E-state index contributed by atoms with van der Waals surface area (Å²) in [5, 5.41) is 0. The summed E-state index contributed by atoms with van der Waals surface area (Å²) in [5.41, 5.74) is 6.15. The molecule has 2 rings (SSSR count). The van der Waals surface area contributed by atoms with E-state index in [9.17, 15) is 0 Å². The van der Waals surface area contributed by atoms with Crippen molar-refractivity contribution in [2.45, 2.75) is 52.5 Å². The molecule has 0 aliphatic heterocycles. The van der Waals surface area contributed by atoms with E-state index in [0.29, 0.717) is 11.3 Å². The Kier molecular flexibility index (Phi) is 4.08. The van der Waals surface area contributed by atoms with Crippen molar-refractivity contribution >= 4 is 0 Å². The minimum atomic E-state index is 0.279. The van der Waals surface area contributed by atoms with E-state index in [1.54, 1.807) is 0 Å². The highest BCUT2D eigenvalue weighted by atomic mass is 15.2. The van der Waals surface area contributed by atoms with Crippen LogP contribution < -0.4 is 11.3 Å². The zero-order chi connectivity index (χ0) is 13.2. The molecule has 0 amide bonds. The molecule has 1 saturated carbocycles. The van der Waals surface area contributed by atoms with Gasteiger partial charge in [0.15, 0.2) is 0 Å². The quantitative estimate of drug-likeness (QED) is 0.630. The average molecular weight is 246 g/mol. The van der Waals surface area contributed by atoms with Gasteiger partial charge in [-0.1, -0.05) is 51.0 Å². The number of nitrogens with one attached hydrogen (secondary N) is 1. The van der Waals surface area contributed by atoms with E-state index in [1.807, 2.05) is 0 Å². The summed E-state index contributed by atoms with van der Waals surface area (Å²) in [6, 6.07) is 8.88. The molecule has 2 atom stereocenters. The number of rotatable bonds is 3. The van der Waals surface area contributed by atoms with Gasteiger partial charge in [0, 0.05) is 6.04 Å². The summed E-state index contributed by atoms with van der Waals surface area (Å²) >= 11 is 0. The maximum Gasteiger partial charge on any atom is 0.0495 e. The van der Waals surface area contributed by atoms with Crippen molar-refractivity contribution in [2.24, 2.45) is 17.2 Å². The van der Waals surface area contributed by atoms with E-state index in [1.165, 1.54) is 36.8 Å². The molecule has 0 aromatic heterocycles. The van der Waals surface area contributed by atoms with Crippen molar-refractivity contribution in [1.82, 2.24) is 5.43 Å². The fraction of sp³-hybridized carbons (Fsp3) is 0.625. The lowest BCUT2D eigenvalue weighted by Crippen LogP contribution is -2.42. The van der Waals surface area contributed by atoms with Crippen molar-refractivity contribution in [3.8, 4) is 0 Å². The lowest BCUT2D eigenvalue weighted by molar-refractivity contribution is 0.0980. The third kappa shape index (κ3) is 2.60. The Morgan fingerprint density at radius 1 is 1.28 bits per heavy atom. The number of benzene rings is 1. The predicted octanol–water partition coefficient (Wildman–Crippen LogP) is 3.72. The third-order valence-corrected chi connectivity index (χ3v) is 4.70. The Balaban J connectivity index is 2.31. The van der Waals surface area contributed by atoms with Gasteiger partial charge in [0.1, 0.15) is 0 Å². The minimum absolute atomic E-state index is 0.279. The number of aryl methyl sites for hydroxylation is 1. The molecule has 0 bridgehead atoms. The van der Waals surface area contributed by atoms with E-state index in [2.05, 4.69) is 50.5 Å². The van der Waals surface area contributed by atoms with Gasteiger partial charge in [0.05, 0.1) is 0 Å². The number of hydrazine groups is 1. The minimum Gasteiger partial charge on any atom is -0.271 e. The van der Waals surface area contributed by atoms with Gasteiger partial charge in [-0.15, -0.1) is 0 Å². The molecule has 1 aromatic carbocycles. The van der Waals surface area contributed by atoms with E-state index in [0.717, 1.165) is 0 Å². The van der Waals surface area contributed by atoms with Crippen molar-refractivity contribution in [3.05, 3.63) is 35.4 Å². The van der Waals surface area contributed by atoms with Crippen LogP contribution in [0.2, 0.25) is 0 Å². The maximum absolute atomic E-state index is 5.88. The van der Waals surface area contributed by atoms with Crippen LogP contribution in [0, 0.1) is 18.3 Å². The number of hydrogen-bond acceptors (Lipinski definition) is 2. The molecule has 18 heavy (non-hydrogen) atoms. The second kappa shape index (κ2) is 5.41. The van der Waals surface area contributed by atoms with E-state index in [-0.39, 0.29) is 6.04 Å². The Labute approximate surface area is 111 Å². The highest BCUT2D eigenvalue weighted by molar-refractivity contribution is 5.29. The molecule has 3 N–H and O–H groups in total. The zero-order valence-electron chi connectivity index (χ0n) is 11.9. The van der Waals surface area contributed by atoms with Crippen LogP contribution in [-0.2, 0) is 0 Å². The summed E-state index contributed by atoms with van der Waals surface area (Å²) in [6.07, 6.45) is 5.27. The maximum atomic E-state index is 5.88. The largest absolute Gasteiger partial charge is 0.271 e. The smallest absolute Gasteiger partial charge is 0.0495 e. The van der Waals surface area contributed by atoms with Gasteiger partial charge in [0.25, 0.3) is 0 Å². The van der Waals surface area contributed by atoms with Gasteiger partial charge in [0.2, 0.25) is 0 Å². The van der Waals surface area contributed by atoms with Crippen molar-refractivity contribution in [3.63, 3.8) is 0 Å². The van der Waals surface area contributed by atoms with Gasteiger partial charge >= 0.3 is 0 Å². The highest BCUT2D eigenvalue weighted by Crippen LogP contribution is 2.46. The number of nitrogens with two attached hydrogens (primary N) is 1. The lowest BCUT2D eigenvalue weighted by Gasteiger charge is -2.43. The van der Waals surface area contributed by atoms with Crippen LogP contribution in [0.1, 0.15) is 56.7 Å². The van der Waals surface area contributed by atoms with Crippen LogP contribution in [0.5, 0.6) is 0 Å². The summed E-state index contributed by atoms with van der Waals surface area (Å²) in [6.45, 7) is 6.95. The Morgan fingerprint density at radius 2 is 2.00 bits per heavy atom. The molecule has 2 unspecified atom stereocenters. The van der Waals surface area contributed by atoms with Crippen LogP contribution in [0.4, 0.5) is 0 Å². The SMILES string of the molecule is Cc1ccccc1C(NN)C1CCCCC1(C)C. The van der Waals surface area contributed by atoms with Crippen molar-refractivity contribution in [1.29, 1.82) is 0 Å². The Morgan fingerprint density at radius 3 is 2.61 bits per heavy atom. The first kappa shape index (κ1) is 13.6. The molecule has 0 radical (unpaired) electrons. The molecule has 1 fully saturated rings. The standard InChI is InChI=1S/C16H26N2/c1-12-8-4-5-9-13(12)15(18-17)14-10-6-7-11-16(14,2)3/h4-5,8-9,14-15,18H,6-7,10-11,17H2,1-3H3. The molecule has 1 aliphatic carbocycles. The van der Waals surface area contributed by atoms with Crippen LogP contribution >= 0.6 is 0 Å². The molecule has 2 heteroatoms. The highest BCUT2D eigenvalue weighted by Gasteiger charge is 2.38. The second-order valence-electron chi connectivity index (χ2n) is 6.34. The molecule has 1 aliphatic rings. The Hall–Kier alpha value is -0.860. The van der Waals surface area contributed by atoms with Crippen molar-refractivity contribution < 1.29 is 0 Å². The summed E-state index contributed by atoms with van der Waals surface area (Å²) in [4.78, 5) is 0. The fourth-order valence-corrected chi connectivity index (χ4v) is 3.50. The van der Waals surface area contributed by atoms with Crippen LogP contribution in [0.15, 0.2) is 24.3 Å². The van der Waals surface area contributed by atoms with Gasteiger partial charge in [-0.25, -0.2) is 0 Å². The third-order valence-electron chi connectivity index (χ3n) is 4.70. The van der Waals surface area contributed by atoms with Gasteiger partial charge in [-0.2, -0.15) is 0 Å². The molecular formula is C16H26N2. The van der Waals surface area contributed by atoms with E-state index >= 15 is 0 Å². The molecule has 0 saturated heterocycles. The Bertz CT molecular complexity index is 398. The molecule has 2 nitrogen and oxygen atoms in total. The first-order chi connectivity index (χ1) is 8.56. The monoisotopic (exact) mass is 246 g/mol. The molecule has 100 valence electrons. The van der Waals surface area contributed by atoms with Crippen LogP contribution in [-0.4, -0.2) is 0 Å². The molecule has 0 heterocycles. The molecule has 0 spiro atoms. The predicted molar refractivity (Wildman–Crippen MR) is 77.0 cm³/mol. The summed E-state index contributed by atoms with van der Waals surface area (Å²) < 4.78 is 0. The number of hydrogen-bond donors (Lipinski definition) is 2. The fourth-order valence-electron chi connectivity index (χ4n) is 3.50. The second-order valence-corrected chi connectivity index (χ2v) is 6.34. The first-order valence-corrected chi connectivity index (χ1v) is 7.08. The van der Waals surface area contributed by atoms with Gasteiger partial charge < -0.3 is 0 Å². The van der Waals surface area contributed by atoms with Gasteiger partial charge in [-0.05, 0) is 42.2 Å². The average Bonchev–Trinajstić information content (AvgIpc) is 2.34. The van der Waals surface area contributed by atoms with Crippen LogP contribution in [0.3, 0.4) is 0 Å². The van der Waals surface area contributed by atoms with Gasteiger partial charge in [-0.3, -0.25) is 11.3 Å². The molecule has 1 aromatic rings. The summed E-state index contributed by atoms with van der Waals surface area (Å²) in [7, 11) is 0. The lowest BCUT2D eigenvalue weighted by atomic mass is 9.64. The van der Waals surface area contributed by atoms with E-state index < -0.39 is 0 Å². The van der Waals surface area contributed by atoms with E-state index in [4.69, 9.17) is 5.84 Å². The molecular weight excluding hydrogens is 220 g/mol. The zero-order valence-corrected chi connectivity index (χ0v) is 11.9. The summed E-state index contributed by atoms with van der Waals surface area (Å²) in [5.74, 6) is 6.50. The normalized spacial score (nSPS) is 24.8. The topological polar surface area (TPSA) is 38.0 Å². The van der Waals surface area contributed by atoms with Crippen LogP contribution in [0.25, 0.3) is 0 Å².